The van der Waals surface area contributed by atoms with Gasteiger partial charge in [0.05, 0.1) is 18.5 Å². The summed E-state index contributed by atoms with van der Waals surface area (Å²) >= 11 is 0. The molecule has 0 unspecified atom stereocenters. The van der Waals surface area contributed by atoms with Crippen LogP contribution in [0.3, 0.4) is 0 Å². The number of nitrogens with one attached hydrogen (secondary N) is 1. The number of anilines is 1. The molecule has 140 valence electrons. The van der Waals surface area contributed by atoms with Gasteiger partial charge in [-0.25, -0.2) is 9.67 Å². The van der Waals surface area contributed by atoms with Crippen LogP contribution in [0.5, 0.6) is 11.5 Å². The van der Waals surface area contributed by atoms with Gasteiger partial charge in [-0.1, -0.05) is 0 Å². The van der Waals surface area contributed by atoms with E-state index in [-0.39, 0.29) is 5.75 Å². The summed E-state index contributed by atoms with van der Waals surface area (Å²) in [5, 5.41) is 18.4. The van der Waals surface area contributed by atoms with Crippen LogP contribution < -0.4 is 10.2 Å². The third kappa shape index (κ3) is 4.41. The van der Waals surface area contributed by atoms with Gasteiger partial charge in [0.1, 0.15) is 0 Å². The molecular weight excluding hydrogens is 344 g/mol. The minimum absolute atomic E-state index is 0.0999. The van der Waals surface area contributed by atoms with E-state index < -0.39 is 0 Å². The molecule has 0 saturated heterocycles. The lowest BCUT2D eigenvalue weighted by molar-refractivity contribution is 0.318. The molecule has 0 saturated carbocycles. The van der Waals surface area contributed by atoms with E-state index in [0.29, 0.717) is 24.1 Å². The Hall–Kier alpha value is -3.42. The number of aromatic nitrogens is 4. The Morgan fingerprint density at radius 3 is 2.67 bits per heavy atom. The molecule has 0 fully saturated rings. The standard InChI is InChI=1S/C19H22N6O2/c1-5-27-17-10-15(6-7-16(17)26)11-20-23-18-9-12(2)21-19(22-18)25-14(4)8-13(3)24-25/h6-11,26H,5H2,1-4H3,(H,21,22,23)/b20-11-. The first-order valence-corrected chi connectivity index (χ1v) is 8.60. The molecule has 0 aliphatic rings. The van der Waals surface area contributed by atoms with Crippen LogP contribution >= 0.6 is 0 Å². The molecule has 0 atom stereocenters. The van der Waals surface area contributed by atoms with Crippen molar-refractivity contribution in [3.05, 3.63) is 53.0 Å². The fourth-order valence-electron chi connectivity index (χ4n) is 2.59. The number of nitrogens with zero attached hydrogens (tertiary/aromatic N) is 5. The molecule has 0 aliphatic carbocycles. The fourth-order valence-corrected chi connectivity index (χ4v) is 2.59. The number of phenols is 1. The maximum Gasteiger partial charge on any atom is 0.253 e. The van der Waals surface area contributed by atoms with Gasteiger partial charge in [-0.05, 0) is 57.5 Å². The summed E-state index contributed by atoms with van der Waals surface area (Å²) in [6.07, 6.45) is 1.63. The zero-order valence-corrected chi connectivity index (χ0v) is 15.8. The van der Waals surface area contributed by atoms with Gasteiger partial charge in [-0.15, -0.1) is 0 Å². The first-order valence-electron chi connectivity index (χ1n) is 8.60. The molecule has 0 aliphatic heterocycles. The van der Waals surface area contributed by atoms with Crippen LogP contribution in [-0.2, 0) is 0 Å². The van der Waals surface area contributed by atoms with E-state index in [1.165, 1.54) is 0 Å². The topological polar surface area (TPSA) is 97.5 Å². The Balaban J connectivity index is 1.79. The average molecular weight is 366 g/mol. The Labute approximate surface area is 157 Å². The number of hydrogen-bond donors (Lipinski definition) is 2. The van der Waals surface area contributed by atoms with Gasteiger partial charge in [0.15, 0.2) is 17.3 Å². The van der Waals surface area contributed by atoms with Crippen LogP contribution in [-0.4, -0.2) is 37.7 Å². The lowest BCUT2D eigenvalue weighted by atomic mass is 10.2. The van der Waals surface area contributed by atoms with Crippen molar-refractivity contribution in [2.75, 3.05) is 12.0 Å². The number of phenolic OH excluding ortho intramolecular Hbond substituents is 1. The number of hydrogen-bond acceptors (Lipinski definition) is 7. The summed E-state index contributed by atoms with van der Waals surface area (Å²) in [6.45, 7) is 8.11. The summed E-state index contributed by atoms with van der Waals surface area (Å²) in [5.41, 5.74) is 6.36. The van der Waals surface area contributed by atoms with Crippen LogP contribution in [0.4, 0.5) is 5.82 Å². The zero-order chi connectivity index (χ0) is 19.4. The van der Waals surface area contributed by atoms with E-state index in [1.807, 2.05) is 33.8 Å². The van der Waals surface area contributed by atoms with E-state index in [0.717, 1.165) is 22.6 Å². The van der Waals surface area contributed by atoms with Crippen molar-refractivity contribution in [2.45, 2.75) is 27.7 Å². The van der Waals surface area contributed by atoms with Crippen molar-refractivity contribution in [3.63, 3.8) is 0 Å². The molecule has 2 heterocycles. The van der Waals surface area contributed by atoms with Crippen LogP contribution in [0.2, 0.25) is 0 Å². The number of hydrazone groups is 1. The van der Waals surface area contributed by atoms with Crippen molar-refractivity contribution in [2.24, 2.45) is 5.10 Å². The average Bonchev–Trinajstić information content (AvgIpc) is 2.96. The Bertz CT molecular complexity index is 980. The molecule has 0 spiro atoms. The van der Waals surface area contributed by atoms with Crippen molar-refractivity contribution >= 4 is 12.0 Å². The number of rotatable bonds is 6. The molecule has 3 rings (SSSR count). The lowest BCUT2D eigenvalue weighted by Crippen LogP contribution is -2.08. The second-order valence-corrected chi connectivity index (χ2v) is 6.06. The van der Waals surface area contributed by atoms with Crippen molar-refractivity contribution in [3.8, 4) is 17.4 Å². The number of aryl methyl sites for hydroxylation is 3. The molecule has 0 radical (unpaired) electrons. The van der Waals surface area contributed by atoms with Gasteiger partial charge < -0.3 is 9.84 Å². The SMILES string of the molecule is CCOc1cc(/C=N\Nc2cc(C)nc(-n3nc(C)cc3C)n2)ccc1O. The van der Waals surface area contributed by atoms with Crippen LogP contribution in [0, 0.1) is 20.8 Å². The third-order valence-electron chi connectivity index (χ3n) is 3.72. The van der Waals surface area contributed by atoms with Crippen molar-refractivity contribution in [1.29, 1.82) is 0 Å². The third-order valence-corrected chi connectivity index (χ3v) is 3.72. The molecule has 0 amide bonds. The normalized spacial score (nSPS) is 11.1. The summed E-state index contributed by atoms with van der Waals surface area (Å²) in [7, 11) is 0. The predicted molar refractivity (Wildman–Crippen MR) is 104 cm³/mol. The highest BCUT2D eigenvalue weighted by Gasteiger charge is 2.09. The Morgan fingerprint density at radius 2 is 1.96 bits per heavy atom. The maximum atomic E-state index is 9.75. The number of aromatic hydroxyl groups is 1. The van der Waals surface area contributed by atoms with Gasteiger partial charge in [-0.2, -0.15) is 15.2 Å². The predicted octanol–water partition coefficient (Wildman–Crippen LogP) is 3.14. The van der Waals surface area contributed by atoms with E-state index in [1.54, 1.807) is 35.2 Å². The highest BCUT2D eigenvalue weighted by molar-refractivity contribution is 5.81. The molecule has 2 N–H and O–H groups in total. The minimum Gasteiger partial charge on any atom is -0.504 e. The molecule has 0 bridgehead atoms. The molecule has 3 aromatic rings. The first kappa shape index (κ1) is 18.4. The number of ether oxygens (including phenoxy) is 1. The van der Waals surface area contributed by atoms with Gasteiger partial charge in [0.25, 0.3) is 5.95 Å². The molecule has 27 heavy (non-hydrogen) atoms. The van der Waals surface area contributed by atoms with E-state index in [2.05, 4.69) is 25.6 Å². The molecular formula is C19H22N6O2. The lowest BCUT2D eigenvalue weighted by Gasteiger charge is -2.07. The summed E-state index contributed by atoms with van der Waals surface area (Å²) in [5.74, 6) is 1.57. The first-order chi connectivity index (χ1) is 13.0. The maximum absolute atomic E-state index is 9.75. The highest BCUT2D eigenvalue weighted by atomic mass is 16.5. The van der Waals surface area contributed by atoms with E-state index in [4.69, 9.17) is 4.74 Å². The highest BCUT2D eigenvalue weighted by Crippen LogP contribution is 2.26. The summed E-state index contributed by atoms with van der Waals surface area (Å²) < 4.78 is 7.07. The van der Waals surface area contributed by atoms with Gasteiger partial charge in [0, 0.05) is 17.5 Å². The minimum atomic E-state index is 0.0999. The van der Waals surface area contributed by atoms with Crippen molar-refractivity contribution in [1.82, 2.24) is 19.7 Å². The quantitative estimate of drug-likeness (QED) is 0.514. The zero-order valence-electron chi connectivity index (χ0n) is 15.8. The van der Waals surface area contributed by atoms with E-state index >= 15 is 0 Å². The monoisotopic (exact) mass is 366 g/mol. The van der Waals surface area contributed by atoms with Gasteiger partial charge in [-0.3, -0.25) is 5.43 Å². The molecule has 8 heteroatoms. The largest absolute Gasteiger partial charge is 0.504 e. The molecule has 1 aromatic carbocycles. The van der Waals surface area contributed by atoms with Gasteiger partial charge >= 0.3 is 0 Å². The van der Waals surface area contributed by atoms with Gasteiger partial charge in [0.2, 0.25) is 0 Å². The fraction of sp³-hybridized carbons (Fsp3) is 0.263. The summed E-state index contributed by atoms with van der Waals surface area (Å²) in [4.78, 5) is 8.91. The Morgan fingerprint density at radius 1 is 1.15 bits per heavy atom. The second-order valence-electron chi connectivity index (χ2n) is 6.06. The van der Waals surface area contributed by atoms with E-state index in [9.17, 15) is 5.11 Å². The Kier molecular flexibility index (Phi) is 5.35. The van der Waals surface area contributed by atoms with Crippen LogP contribution in [0.25, 0.3) is 5.95 Å². The molecule has 8 nitrogen and oxygen atoms in total. The smallest absolute Gasteiger partial charge is 0.253 e. The summed E-state index contributed by atoms with van der Waals surface area (Å²) in [6, 6.07) is 8.81. The molecule has 2 aromatic heterocycles. The number of benzene rings is 1. The van der Waals surface area contributed by atoms with Crippen LogP contribution in [0.1, 0.15) is 29.6 Å². The van der Waals surface area contributed by atoms with Crippen LogP contribution in [0.15, 0.2) is 35.4 Å². The van der Waals surface area contributed by atoms with Crippen molar-refractivity contribution < 1.29 is 9.84 Å². The second kappa shape index (κ2) is 7.86.